The molecule has 1 amide bonds. The summed E-state index contributed by atoms with van der Waals surface area (Å²) in [7, 11) is 0. The van der Waals surface area contributed by atoms with E-state index in [0.29, 0.717) is 18.2 Å². The first kappa shape index (κ1) is 19.2. The molecule has 5 heteroatoms. The standard InChI is InChI=1S/C22H25N3OS/c1-5-19(26)24-18-13-17(10-11-23-18)22-21(25-20(6-2)27-22)16-9-7-8-15(12-16)14(3)4/h7-14H,5-6H2,1-4H3,(H,23,24,26). The first-order valence-corrected chi connectivity index (χ1v) is 10.2. The summed E-state index contributed by atoms with van der Waals surface area (Å²) in [6, 6.07) is 12.5. The molecular formula is C22H25N3OS. The van der Waals surface area contributed by atoms with Crippen LogP contribution in [-0.4, -0.2) is 15.9 Å². The van der Waals surface area contributed by atoms with Crippen LogP contribution in [-0.2, 0) is 11.2 Å². The van der Waals surface area contributed by atoms with Crippen molar-refractivity contribution in [1.82, 2.24) is 9.97 Å². The molecule has 0 atom stereocenters. The molecule has 0 unspecified atom stereocenters. The van der Waals surface area contributed by atoms with Crippen molar-refractivity contribution in [3.63, 3.8) is 0 Å². The number of aromatic nitrogens is 2. The number of anilines is 1. The Morgan fingerprint density at radius 1 is 1.15 bits per heavy atom. The van der Waals surface area contributed by atoms with E-state index in [1.54, 1.807) is 17.5 Å². The van der Waals surface area contributed by atoms with Gasteiger partial charge >= 0.3 is 0 Å². The number of thiazole rings is 1. The summed E-state index contributed by atoms with van der Waals surface area (Å²) < 4.78 is 0. The number of amides is 1. The van der Waals surface area contributed by atoms with Crippen molar-refractivity contribution < 1.29 is 4.79 Å². The second-order valence-corrected chi connectivity index (χ2v) is 7.83. The van der Waals surface area contributed by atoms with Crippen molar-refractivity contribution in [1.29, 1.82) is 0 Å². The highest BCUT2D eigenvalue weighted by atomic mass is 32.1. The third-order valence-corrected chi connectivity index (χ3v) is 5.66. The molecule has 4 nitrogen and oxygen atoms in total. The number of nitrogens with zero attached hydrogens (tertiary/aromatic N) is 2. The third kappa shape index (κ3) is 4.42. The quantitative estimate of drug-likeness (QED) is 0.579. The fraction of sp³-hybridized carbons (Fsp3) is 0.318. The number of aryl methyl sites for hydroxylation is 1. The van der Waals surface area contributed by atoms with E-state index in [1.165, 1.54) is 5.56 Å². The van der Waals surface area contributed by atoms with Gasteiger partial charge < -0.3 is 5.32 Å². The van der Waals surface area contributed by atoms with Crippen LogP contribution in [0, 0.1) is 0 Å². The van der Waals surface area contributed by atoms with Crippen LogP contribution in [0.3, 0.4) is 0 Å². The van der Waals surface area contributed by atoms with Crippen molar-refractivity contribution in [3.8, 4) is 21.7 Å². The molecule has 2 heterocycles. The van der Waals surface area contributed by atoms with E-state index in [-0.39, 0.29) is 5.91 Å². The molecule has 0 radical (unpaired) electrons. The van der Waals surface area contributed by atoms with Gasteiger partial charge in [0, 0.05) is 18.2 Å². The second-order valence-electron chi connectivity index (χ2n) is 6.75. The lowest BCUT2D eigenvalue weighted by Gasteiger charge is -2.09. The summed E-state index contributed by atoms with van der Waals surface area (Å²) >= 11 is 1.70. The number of carbonyl (C=O) groups is 1. The number of pyridine rings is 1. The molecule has 0 aliphatic rings. The summed E-state index contributed by atoms with van der Waals surface area (Å²) in [5.74, 6) is 1.00. The first-order valence-electron chi connectivity index (χ1n) is 9.38. The van der Waals surface area contributed by atoms with Gasteiger partial charge in [-0.05, 0) is 41.7 Å². The molecule has 2 aromatic heterocycles. The molecular weight excluding hydrogens is 354 g/mol. The minimum Gasteiger partial charge on any atom is -0.311 e. The van der Waals surface area contributed by atoms with Crippen molar-refractivity contribution in [2.24, 2.45) is 0 Å². The van der Waals surface area contributed by atoms with E-state index in [4.69, 9.17) is 4.98 Å². The van der Waals surface area contributed by atoms with Crippen molar-refractivity contribution in [2.75, 3.05) is 5.32 Å². The van der Waals surface area contributed by atoms with Crippen LogP contribution >= 0.6 is 11.3 Å². The molecule has 3 rings (SSSR count). The number of rotatable bonds is 6. The Balaban J connectivity index is 2.07. The van der Waals surface area contributed by atoms with Gasteiger partial charge in [-0.2, -0.15) is 0 Å². The lowest BCUT2D eigenvalue weighted by Crippen LogP contribution is -2.10. The van der Waals surface area contributed by atoms with E-state index >= 15 is 0 Å². The van der Waals surface area contributed by atoms with Crippen LogP contribution in [0.1, 0.15) is 50.6 Å². The zero-order chi connectivity index (χ0) is 19.4. The molecule has 1 N–H and O–H groups in total. The van der Waals surface area contributed by atoms with E-state index in [2.05, 4.69) is 55.3 Å². The van der Waals surface area contributed by atoms with E-state index in [1.807, 2.05) is 19.1 Å². The minimum atomic E-state index is -0.0388. The fourth-order valence-electron chi connectivity index (χ4n) is 2.82. The summed E-state index contributed by atoms with van der Waals surface area (Å²) in [4.78, 5) is 22.0. The Morgan fingerprint density at radius 2 is 1.96 bits per heavy atom. The zero-order valence-electron chi connectivity index (χ0n) is 16.2. The van der Waals surface area contributed by atoms with Crippen LogP contribution < -0.4 is 5.32 Å². The minimum absolute atomic E-state index is 0.0388. The van der Waals surface area contributed by atoms with Gasteiger partial charge in [0.2, 0.25) is 5.91 Å². The third-order valence-electron chi connectivity index (χ3n) is 4.41. The number of carbonyl (C=O) groups excluding carboxylic acids is 1. The summed E-state index contributed by atoms with van der Waals surface area (Å²) in [5.41, 5.74) is 4.45. The predicted octanol–water partition coefficient (Wildman–Crippen LogP) is 5.91. The fourth-order valence-corrected chi connectivity index (χ4v) is 3.85. The van der Waals surface area contributed by atoms with Gasteiger partial charge in [0.25, 0.3) is 0 Å². The molecule has 0 fully saturated rings. The summed E-state index contributed by atoms with van der Waals surface area (Å²) in [6.07, 6.45) is 3.06. The average Bonchev–Trinajstić information content (AvgIpc) is 3.13. The van der Waals surface area contributed by atoms with Gasteiger partial charge in [-0.25, -0.2) is 9.97 Å². The highest BCUT2D eigenvalue weighted by Gasteiger charge is 2.16. The van der Waals surface area contributed by atoms with Crippen molar-refractivity contribution in [3.05, 3.63) is 53.2 Å². The van der Waals surface area contributed by atoms with E-state index in [9.17, 15) is 4.79 Å². The Morgan fingerprint density at radius 3 is 2.67 bits per heavy atom. The SMILES string of the molecule is CCC(=O)Nc1cc(-c2sc(CC)nc2-c2cccc(C(C)C)c2)ccn1. The molecule has 27 heavy (non-hydrogen) atoms. The van der Waals surface area contributed by atoms with Crippen LogP contribution in [0.25, 0.3) is 21.7 Å². The molecule has 0 saturated heterocycles. The average molecular weight is 380 g/mol. The second kappa shape index (κ2) is 8.44. The van der Waals surface area contributed by atoms with Crippen molar-refractivity contribution >= 4 is 23.1 Å². The zero-order valence-corrected chi connectivity index (χ0v) is 17.1. The van der Waals surface area contributed by atoms with Gasteiger partial charge in [0.15, 0.2) is 0 Å². The lowest BCUT2D eigenvalue weighted by atomic mass is 9.98. The molecule has 140 valence electrons. The van der Waals surface area contributed by atoms with Gasteiger partial charge in [-0.3, -0.25) is 4.79 Å². The highest BCUT2D eigenvalue weighted by molar-refractivity contribution is 7.15. The number of hydrogen-bond acceptors (Lipinski definition) is 4. The van der Waals surface area contributed by atoms with Gasteiger partial charge in [-0.1, -0.05) is 45.9 Å². The highest BCUT2D eigenvalue weighted by Crippen LogP contribution is 2.38. The molecule has 0 aliphatic heterocycles. The molecule has 0 aliphatic carbocycles. The largest absolute Gasteiger partial charge is 0.311 e. The molecule has 0 spiro atoms. The maximum atomic E-state index is 11.7. The molecule has 1 aromatic carbocycles. The molecule has 0 saturated carbocycles. The number of benzene rings is 1. The molecule has 0 bridgehead atoms. The van der Waals surface area contributed by atoms with Crippen LogP contribution in [0.15, 0.2) is 42.6 Å². The topological polar surface area (TPSA) is 54.9 Å². The van der Waals surface area contributed by atoms with Crippen LogP contribution in [0.5, 0.6) is 0 Å². The summed E-state index contributed by atoms with van der Waals surface area (Å²) in [6.45, 7) is 8.35. The maximum absolute atomic E-state index is 11.7. The van der Waals surface area contributed by atoms with E-state index in [0.717, 1.165) is 33.1 Å². The number of hydrogen-bond donors (Lipinski definition) is 1. The van der Waals surface area contributed by atoms with Crippen LogP contribution in [0.2, 0.25) is 0 Å². The van der Waals surface area contributed by atoms with Gasteiger partial charge in [0.05, 0.1) is 15.6 Å². The van der Waals surface area contributed by atoms with Gasteiger partial charge in [-0.15, -0.1) is 11.3 Å². The first-order chi connectivity index (χ1) is 13.0. The Kier molecular flexibility index (Phi) is 6.01. The smallest absolute Gasteiger partial charge is 0.225 e. The van der Waals surface area contributed by atoms with Crippen LogP contribution in [0.4, 0.5) is 5.82 Å². The van der Waals surface area contributed by atoms with Crippen molar-refractivity contribution in [2.45, 2.75) is 46.5 Å². The van der Waals surface area contributed by atoms with E-state index < -0.39 is 0 Å². The summed E-state index contributed by atoms with van der Waals surface area (Å²) in [5, 5.41) is 3.94. The monoisotopic (exact) mass is 379 g/mol. The maximum Gasteiger partial charge on any atom is 0.225 e. The number of nitrogens with one attached hydrogen (secondary N) is 1. The Bertz CT molecular complexity index is 946. The predicted molar refractivity (Wildman–Crippen MR) is 113 cm³/mol. The molecule has 3 aromatic rings. The lowest BCUT2D eigenvalue weighted by molar-refractivity contribution is -0.115. The Hall–Kier alpha value is -2.53. The Labute approximate surface area is 164 Å². The normalized spacial score (nSPS) is 11.0. The van der Waals surface area contributed by atoms with Gasteiger partial charge in [0.1, 0.15) is 5.82 Å².